The molecule has 9 heteroatoms. The van der Waals surface area contributed by atoms with Crippen LogP contribution in [-0.4, -0.2) is 29.8 Å². The van der Waals surface area contributed by atoms with E-state index in [4.69, 9.17) is 0 Å². The lowest BCUT2D eigenvalue weighted by molar-refractivity contribution is 0.540. The summed E-state index contributed by atoms with van der Waals surface area (Å²) in [4.78, 5) is 0. The Bertz CT molecular complexity index is 1080. The highest BCUT2D eigenvalue weighted by molar-refractivity contribution is 9.10. The third-order valence-corrected chi connectivity index (χ3v) is 6.62. The minimum atomic E-state index is 0.00804. The van der Waals surface area contributed by atoms with Crippen LogP contribution in [0, 0.1) is 13.8 Å². The Morgan fingerprint density at radius 1 is 1.11 bits per heavy atom. The van der Waals surface area contributed by atoms with Crippen molar-refractivity contribution in [3.05, 3.63) is 69.0 Å². The minimum Gasteiger partial charge on any atom is -0.313 e. The third kappa shape index (κ3) is 3.85. The molecule has 0 aliphatic heterocycles. The summed E-state index contributed by atoms with van der Waals surface area (Å²) in [5.41, 5.74) is 3.26. The van der Waals surface area contributed by atoms with Gasteiger partial charge in [0, 0.05) is 12.3 Å². The molecule has 0 aliphatic rings. The molecule has 7 nitrogen and oxygen atoms in total. The molecular weight excluding hydrogens is 438 g/mol. The van der Waals surface area contributed by atoms with Crippen molar-refractivity contribution in [2.75, 3.05) is 5.32 Å². The van der Waals surface area contributed by atoms with Crippen molar-refractivity contribution in [3.8, 4) is 0 Å². The van der Waals surface area contributed by atoms with Crippen molar-refractivity contribution in [1.82, 2.24) is 29.8 Å². The van der Waals surface area contributed by atoms with E-state index in [9.17, 15) is 0 Å². The Kier molecular flexibility index (Phi) is 5.27. The second-order valence-corrected chi connectivity index (χ2v) is 8.36. The maximum absolute atomic E-state index is 4.60. The highest BCUT2D eigenvalue weighted by atomic mass is 79.9. The van der Waals surface area contributed by atoms with E-state index >= 15 is 0 Å². The zero-order chi connectivity index (χ0) is 19.7. The first-order chi connectivity index (χ1) is 13.5. The number of hydrogen-bond acceptors (Lipinski definition) is 6. The van der Waals surface area contributed by atoms with Crippen LogP contribution >= 0.6 is 27.3 Å². The molecule has 28 heavy (non-hydrogen) atoms. The molecule has 144 valence electrons. The predicted octanol–water partition coefficient (Wildman–Crippen LogP) is 4.71. The molecule has 0 amide bonds. The van der Waals surface area contributed by atoms with Gasteiger partial charge in [0.2, 0.25) is 5.13 Å². The van der Waals surface area contributed by atoms with Crippen molar-refractivity contribution in [2.45, 2.75) is 33.4 Å². The number of halogens is 1. The van der Waals surface area contributed by atoms with Crippen LogP contribution in [0.4, 0.5) is 10.9 Å². The summed E-state index contributed by atoms with van der Waals surface area (Å²) in [7, 11) is 0. The van der Waals surface area contributed by atoms with Gasteiger partial charge in [-0.2, -0.15) is 10.2 Å². The third-order valence-electron chi connectivity index (χ3n) is 4.46. The number of aromatic nitrogens is 6. The van der Waals surface area contributed by atoms with Gasteiger partial charge in [-0.1, -0.05) is 41.7 Å². The molecule has 3 aromatic heterocycles. The van der Waals surface area contributed by atoms with Crippen LogP contribution in [0.3, 0.4) is 0 Å². The fraction of sp³-hybridized carbons (Fsp3) is 0.263. The first kappa shape index (κ1) is 18.8. The maximum atomic E-state index is 4.60. The quantitative estimate of drug-likeness (QED) is 0.453. The molecule has 0 unspecified atom stereocenters. The topological polar surface area (TPSA) is 73.5 Å². The van der Waals surface area contributed by atoms with Gasteiger partial charge in [0.1, 0.15) is 11.0 Å². The molecule has 0 saturated heterocycles. The van der Waals surface area contributed by atoms with Crippen molar-refractivity contribution >= 4 is 38.2 Å². The molecule has 1 N–H and O–H groups in total. The van der Waals surface area contributed by atoms with Crippen molar-refractivity contribution in [2.24, 2.45) is 0 Å². The average Bonchev–Trinajstić information content (AvgIpc) is 3.40. The normalized spacial score (nSPS) is 12.3. The number of nitrogens with zero attached hydrogens (tertiary/aromatic N) is 6. The molecule has 0 spiro atoms. The monoisotopic (exact) mass is 457 g/mol. The highest BCUT2D eigenvalue weighted by Gasteiger charge is 2.19. The van der Waals surface area contributed by atoms with Crippen molar-refractivity contribution in [1.29, 1.82) is 0 Å². The SMILES string of the molecule is Cc1nn([C@@H](C)c2nnc(Nc3ccn(Cc4ccccc4)n3)s2)c(C)c1Br. The van der Waals surface area contributed by atoms with Gasteiger partial charge in [0.05, 0.1) is 22.4 Å². The zero-order valence-electron chi connectivity index (χ0n) is 15.8. The number of nitrogens with one attached hydrogen (secondary N) is 1. The molecule has 1 aromatic carbocycles. The van der Waals surface area contributed by atoms with E-state index in [0.29, 0.717) is 5.13 Å². The molecule has 0 bridgehead atoms. The lowest BCUT2D eigenvalue weighted by atomic mass is 10.2. The van der Waals surface area contributed by atoms with Crippen molar-refractivity contribution in [3.63, 3.8) is 0 Å². The maximum Gasteiger partial charge on any atom is 0.211 e. The van der Waals surface area contributed by atoms with Crippen molar-refractivity contribution < 1.29 is 0 Å². The molecule has 0 aliphatic carbocycles. The lowest BCUT2D eigenvalue weighted by Gasteiger charge is -2.10. The van der Waals surface area contributed by atoms with E-state index in [2.05, 4.69) is 60.7 Å². The number of rotatable bonds is 6. The van der Waals surface area contributed by atoms with E-state index < -0.39 is 0 Å². The summed E-state index contributed by atoms with van der Waals surface area (Å²) in [6, 6.07) is 12.2. The van der Waals surface area contributed by atoms with Crippen LogP contribution in [0.25, 0.3) is 0 Å². The van der Waals surface area contributed by atoms with Gasteiger partial charge < -0.3 is 5.32 Å². The summed E-state index contributed by atoms with van der Waals surface area (Å²) in [6.07, 6.45) is 1.95. The molecule has 3 heterocycles. The van der Waals surface area contributed by atoms with Gasteiger partial charge in [0.25, 0.3) is 0 Å². The predicted molar refractivity (Wildman–Crippen MR) is 114 cm³/mol. The Morgan fingerprint density at radius 2 is 1.89 bits per heavy atom. The second kappa shape index (κ2) is 7.84. The number of anilines is 2. The Morgan fingerprint density at radius 3 is 2.61 bits per heavy atom. The van der Waals surface area contributed by atoms with Gasteiger partial charge in [-0.05, 0) is 42.3 Å². The van der Waals surface area contributed by atoms with Crippen LogP contribution in [0.1, 0.15) is 34.9 Å². The largest absolute Gasteiger partial charge is 0.313 e. The molecular formula is C19H20BrN7S. The molecule has 4 aromatic rings. The van der Waals surface area contributed by atoms with Gasteiger partial charge in [-0.25, -0.2) is 0 Å². The zero-order valence-corrected chi connectivity index (χ0v) is 18.2. The summed E-state index contributed by atoms with van der Waals surface area (Å²) < 4.78 is 4.90. The standard InChI is InChI=1S/C19H20BrN7S/c1-12-17(20)13(2)27(24-12)14(3)18-22-23-19(28-18)21-16-9-10-26(25-16)11-15-7-5-4-6-8-15/h4-10,14H,11H2,1-3H3,(H,21,23,25)/t14-/m0/s1. The number of benzene rings is 1. The van der Waals surface area contributed by atoms with E-state index in [0.717, 1.165) is 33.2 Å². The summed E-state index contributed by atoms with van der Waals surface area (Å²) in [6.45, 7) is 6.83. The van der Waals surface area contributed by atoms with E-state index in [1.54, 1.807) is 0 Å². The van der Waals surface area contributed by atoms with E-state index in [-0.39, 0.29) is 6.04 Å². The minimum absolute atomic E-state index is 0.00804. The van der Waals surface area contributed by atoms with Gasteiger partial charge in [0.15, 0.2) is 5.82 Å². The van der Waals surface area contributed by atoms with Crippen LogP contribution in [0.5, 0.6) is 0 Å². The van der Waals surface area contributed by atoms with Gasteiger partial charge >= 0.3 is 0 Å². The van der Waals surface area contributed by atoms with E-state index in [1.807, 2.05) is 53.7 Å². The van der Waals surface area contributed by atoms with Crippen LogP contribution < -0.4 is 5.32 Å². The average molecular weight is 458 g/mol. The molecule has 0 saturated carbocycles. The van der Waals surface area contributed by atoms with Crippen LogP contribution in [0.15, 0.2) is 47.1 Å². The second-order valence-electron chi connectivity index (χ2n) is 6.56. The molecule has 0 radical (unpaired) electrons. The Labute approximate surface area is 175 Å². The summed E-state index contributed by atoms with van der Waals surface area (Å²) in [5, 5.41) is 22.6. The van der Waals surface area contributed by atoms with Crippen LogP contribution in [0.2, 0.25) is 0 Å². The fourth-order valence-electron chi connectivity index (χ4n) is 2.97. The number of aryl methyl sites for hydroxylation is 1. The fourth-order valence-corrected chi connectivity index (χ4v) is 4.02. The lowest BCUT2D eigenvalue weighted by Crippen LogP contribution is -2.10. The Hall–Kier alpha value is -2.52. The highest BCUT2D eigenvalue weighted by Crippen LogP contribution is 2.29. The van der Waals surface area contributed by atoms with E-state index in [1.165, 1.54) is 16.9 Å². The molecule has 0 fully saturated rings. The summed E-state index contributed by atoms with van der Waals surface area (Å²) in [5.74, 6) is 0.750. The van der Waals surface area contributed by atoms with Gasteiger partial charge in [-0.15, -0.1) is 10.2 Å². The Balaban J connectivity index is 1.46. The first-order valence-corrected chi connectivity index (χ1v) is 10.5. The first-order valence-electron chi connectivity index (χ1n) is 8.90. The van der Waals surface area contributed by atoms with Crippen LogP contribution in [-0.2, 0) is 6.54 Å². The molecule has 1 atom stereocenters. The summed E-state index contributed by atoms with van der Waals surface area (Å²) >= 11 is 5.09. The molecule has 4 rings (SSSR count). The number of hydrogen-bond donors (Lipinski definition) is 1. The smallest absolute Gasteiger partial charge is 0.211 e. The van der Waals surface area contributed by atoms with Gasteiger partial charge in [-0.3, -0.25) is 9.36 Å².